The normalized spacial score (nSPS) is 20.2. The maximum Gasteiger partial charge on any atom is 0.142 e. The molecule has 3 nitrogen and oxygen atoms in total. The van der Waals surface area contributed by atoms with Crippen molar-refractivity contribution in [2.75, 3.05) is 6.54 Å². The zero-order valence-electron chi connectivity index (χ0n) is 8.00. The maximum absolute atomic E-state index is 5.50. The van der Waals surface area contributed by atoms with Crippen molar-refractivity contribution in [2.45, 2.75) is 12.5 Å². The van der Waals surface area contributed by atoms with Crippen LogP contribution < -0.4 is 5.32 Å². The molecular formula is C11H10BrNO2. The molecular weight excluding hydrogens is 258 g/mol. The monoisotopic (exact) mass is 267 g/mol. The van der Waals surface area contributed by atoms with E-state index in [4.69, 9.17) is 8.83 Å². The minimum Gasteiger partial charge on any atom is -0.467 e. The number of hydrogen-bond acceptors (Lipinski definition) is 3. The lowest BCUT2D eigenvalue weighted by molar-refractivity contribution is 0.371. The van der Waals surface area contributed by atoms with Crippen LogP contribution in [0.1, 0.15) is 23.1 Å². The van der Waals surface area contributed by atoms with Gasteiger partial charge in [0.2, 0.25) is 0 Å². The van der Waals surface area contributed by atoms with Crippen LogP contribution in [0.25, 0.3) is 0 Å². The van der Waals surface area contributed by atoms with Crippen LogP contribution in [0, 0.1) is 0 Å². The standard InChI is InChI=1S/C11H10BrNO2/c12-8-3-6-15-11(8)9-10-7(1-4-13-9)2-5-14-10/h2-3,5-6,9,13H,1,4H2. The lowest BCUT2D eigenvalue weighted by atomic mass is 10.0. The molecule has 0 spiro atoms. The fourth-order valence-electron chi connectivity index (χ4n) is 1.97. The van der Waals surface area contributed by atoms with Gasteiger partial charge < -0.3 is 14.2 Å². The molecule has 0 aromatic carbocycles. The summed E-state index contributed by atoms with van der Waals surface area (Å²) in [5, 5.41) is 3.39. The second-order valence-corrected chi connectivity index (χ2v) is 4.43. The fraction of sp³-hybridized carbons (Fsp3) is 0.273. The Kier molecular flexibility index (Phi) is 2.18. The fourth-order valence-corrected chi connectivity index (χ4v) is 2.40. The average Bonchev–Trinajstić information content (AvgIpc) is 2.85. The van der Waals surface area contributed by atoms with Gasteiger partial charge in [-0.25, -0.2) is 0 Å². The third-order valence-corrected chi connectivity index (χ3v) is 3.35. The highest BCUT2D eigenvalue weighted by atomic mass is 79.9. The number of nitrogens with one attached hydrogen (secondary N) is 1. The predicted molar refractivity (Wildman–Crippen MR) is 58.7 cm³/mol. The highest BCUT2D eigenvalue weighted by molar-refractivity contribution is 9.10. The summed E-state index contributed by atoms with van der Waals surface area (Å²) in [7, 11) is 0. The first-order chi connectivity index (χ1) is 7.36. The lowest BCUT2D eigenvalue weighted by Crippen LogP contribution is -2.29. The van der Waals surface area contributed by atoms with E-state index in [2.05, 4.69) is 21.2 Å². The molecule has 4 heteroatoms. The Bertz CT molecular complexity index is 474. The number of furan rings is 2. The van der Waals surface area contributed by atoms with Gasteiger partial charge in [0.1, 0.15) is 17.6 Å². The summed E-state index contributed by atoms with van der Waals surface area (Å²) < 4.78 is 11.9. The molecule has 1 unspecified atom stereocenters. The molecule has 0 bridgehead atoms. The van der Waals surface area contributed by atoms with Crippen LogP contribution in [0.5, 0.6) is 0 Å². The van der Waals surface area contributed by atoms with Crippen LogP contribution in [-0.4, -0.2) is 6.54 Å². The Labute approximate surface area is 95.6 Å². The highest BCUT2D eigenvalue weighted by Gasteiger charge is 2.28. The van der Waals surface area contributed by atoms with E-state index < -0.39 is 0 Å². The van der Waals surface area contributed by atoms with Crippen molar-refractivity contribution in [3.8, 4) is 0 Å². The number of rotatable bonds is 1. The van der Waals surface area contributed by atoms with Crippen LogP contribution in [0.2, 0.25) is 0 Å². The second-order valence-electron chi connectivity index (χ2n) is 3.58. The predicted octanol–water partition coefficient (Wildman–Crippen LogP) is 2.87. The van der Waals surface area contributed by atoms with Crippen LogP contribution >= 0.6 is 15.9 Å². The van der Waals surface area contributed by atoms with Gasteiger partial charge in [0.25, 0.3) is 0 Å². The van der Waals surface area contributed by atoms with E-state index in [1.165, 1.54) is 5.56 Å². The molecule has 1 aliphatic heterocycles. The maximum atomic E-state index is 5.50. The molecule has 2 aromatic heterocycles. The first kappa shape index (κ1) is 9.24. The summed E-state index contributed by atoms with van der Waals surface area (Å²) in [6, 6.07) is 3.96. The molecule has 2 aromatic rings. The summed E-state index contributed by atoms with van der Waals surface area (Å²) in [4.78, 5) is 0. The van der Waals surface area contributed by atoms with Gasteiger partial charge in [0.15, 0.2) is 0 Å². The van der Waals surface area contributed by atoms with Crippen molar-refractivity contribution in [3.63, 3.8) is 0 Å². The van der Waals surface area contributed by atoms with E-state index in [1.807, 2.05) is 12.1 Å². The van der Waals surface area contributed by atoms with Gasteiger partial charge in [-0.2, -0.15) is 0 Å². The highest BCUT2D eigenvalue weighted by Crippen LogP contribution is 2.33. The molecule has 0 fully saturated rings. The topological polar surface area (TPSA) is 38.3 Å². The van der Waals surface area contributed by atoms with Gasteiger partial charge in [-0.15, -0.1) is 0 Å². The largest absolute Gasteiger partial charge is 0.467 e. The first-order valence-corrected chi connectivity index (χ1v) is 5.68. The van der Waals surface area contributed by atoms with Gasteiger partial charge in [0, 0.05) is 6.54 Å². The van der Waals surface area contributed by atoms with E-state index in [1.54, 1.807) is 12.5 Å². The third-order valence-electron chi connectivity index (χ3n) is 2.69. The van der Waals surface area contributed by atoms with Crippen molar-refractivity contribution in [1.29, 1.82) is 0 Å². The van der Waals surface area contributed by atoms with Crippen molar-refractivity contribution in [3.05, 3.63) is 46.2 Å². The molecule has 0 saturated heterocycles. The molecule has 0 aliphatic carbocycles. The van der Waals surface area contributed by atoms with E-state index in [-0.39, 0.29) is 6.04 Å². The van der Waals surface area contributed by atoms with E-state index in [0.717, 1.165) is 29.0 Å². The summed E-state index contributed by atoms with van der Waals surface area (Å²) in [6.45, 7) is 0.949. The van der Waals surface area contributed by atoms with Crippen LogP contribution in [0.3, 0.4) is 0 Å². The summed E-state index contributed by atoms with van der Waals surface area (Å²) >= 11 is 3.47. The van der Waals surface area contributed by atoms with Gasteiger partial charge in [0.05, 0.1) is 17.0 Å². The van der Waals surface area contributed by atoms with E-state index in [0.29, 0.717) is 0 Å². The van der Waals surface area contributed by atoms with Crippen molar-refractivity contribution in [2.24, 2.45) is 0 Å². The molecule has 0 amide bonds. The summed E-state index contributed by atoms with van der Waals surface area (Å²) in [5.41, 5.74) is 1.27. The molecule has 0 radical (unpaired) electrons. The van der Waals surface area contributed by atoms with Crippen LogP contribution in [-0.2, 0) is 6.42 Å². The molecule has 1 atom stereocenters. The van der Waals surface area contributed by atoms with Gasteiger partial charge in [-0.3, -0.25) is 0 Å². The Hall–Kier alpha value is -1.00. The number of hydrogen-bond donors (Lipinski definition) is 1. The molecule has 3 heterocycles. The first-order valence-electron chi connectivity index (χ1n) is 4.89. The Morgan fingerprint density at radius 2 is 2.00 bits per heavy atom. The van der Waals surface area contributed by atoms with Crippen molar-refractivity contribution >= 4 is 15.9 Å². The molecule has 78 valence electrons. The van der Waals surface area contributed by atoms with Gasteiger partial charge in [-0.05, 0) is 40.0 Å². The van der Waals surface area contributed by atoms with Gasteiger partial charge >= 0.3 is 0 Å². The van der Waals surface area contributed by atoms with E-state index >= 15 is 0 Å². The summed E-state index contributed by atoms with van der Waals surface area (Å²) in [5.74, 6) is 1.85. The average molecular weight is 268 g/mol. The van der Waals surface area contributed by atoms with Crippen molar-refractivity contribution < 1.29 is 8.83 Å². The Morgan fingerprint density at radius 1 is 1.20 bits per heavy atom. The molecule has 3 rings (SSSR count). The Balaban J connectivity index is 2.07. The van der Waals surface area contributed by atoms with Crippen LogP contribution in [0.15, 0.2) is 38.0 Å². The zero-order valence-corrected chi connectivity index (χ0v) is 9.58. The number of halogens is 1. The second kappa shape index (κ2) is 3.54. The SMILES string of the molecule is Brc1ccoc1C1NCCc2ccoc21. The zero-order chi connectivity index (χ0) is 10.3. The minimum absolute atomic E-state index is 0.0353. The van der Waals surface area contributed by atoms with Crippen LogP contribution in [0.4, 0.5) is 0 Å². The summed E-state index contributed by atoms with van der Waals surface area (Å²) in [6.07, 6.45) is 4.43. The minimum atomic E-state index is 0.0353. The van der Waals surface area contributed by atoms with E-state index in [9.17, 15) is 0 Å². The van der Waals surface area contributed by atoms with Gasteiger partial charge in [-0.1, -0.05) is 0 Å². The quantitative estimate of drug-likeness (QED) is 0.864. The Morgan fingerprint density at radius 3 is 2.80 bits per heavy atom. The molecule has 15 heavy (non-hydrogen) atoms. The molecule has 1 N–H and O–H groups in total. The molecule has 0 saturated carbocycles. The smallest absolute Gasteiger partial charge is 0.142 e. The third kappa shape index (κ3) is 1.44. The van der Waals surface area contributed by atoms with Crippen molar-refractivity contribution in [1.82, 2.24) is 5.32 Å². The lowest BCUT2D eigenvalue weighted by Gasteiger charge is -2.21. The number of fused-ring (bicyclic) bond motifs is 1. The molecule has 1 aliphatic rings.